The minimum absolute atomic E-state index is 0.231. The van der Waals surface area contributed by atoms with Crippen molar-refractivity contribution >= 4 is 11.6 Å². The lowest BCUT2D eigenvalue weighted by molar-refractivity contribution is 0.0747. The third-order valence-electron chi connectivity index (χ3n) is 6.94. The van der Waals surface area contributed by atoms with Gasteiger partial charge in [0.15, 0.2) is 0 Å². The van der Waals surface area contributed by atoms with Crippen LogP contribution in [0.4, 0.5) is 0 Å². The average Bonchev–Trinajstić information content (AvgIpc) is 3.24. The van der Waals surface area contributed by atoms with Gasteiger partial charge in [-0.05, 0) is 75.2 Å². The van der Waals surface area contributed by atoms with Gasteiger partial charge in [-0.25, -0.2) is 0 Å². The van der Waals surface area contributed by atoms with Crippen molar-refractivity contribution in [2.24, 2.45) is 11.8 Å². The number of hydrogen-bond donors (Lipinski definition) is 0. The van der Waals surface area contributed by atoms with E-state index in [0.717, 1.165) is 35.3 Å². The Hall–Kier alpha value is -0.730. The predicted octanol–water partition coefficient (Wildman–Crippen LogP) is 4.25. The van der Waals surface area contributed by atoms with E-state index >= 15 is 0 Å². The number of nitrogens with zero attached hydrogens (tertiary/aromatic N) is 1. The second-order valence-corrected chi connectivity index (χ2v) is 8.42. The topological polar surface area (TPSA) is 12.5 Å². The molecule has 0 N–H and O–H groups in total. The third-order valence-corrected chi connectivity index (χ3v) is 7.18. The Kier molecular flexibility index (Phi) is 3.04. The molecule has 2 bridgehead atoms. The molecule has 4 aliphatic rings. The van der Waals surface area contributed by atoms with Crippen molar-refractivity contribution in [3.8, 4) is 5.75 Å². The van der Waals surface area contributed by atoms with Crippen molar-refractivity contribution in [3.05, 3.63) is 28.8 Å². The van der Waals surface area contributed by atoms with E-state index in [2.05, 4.69) is 17.0 Å². The van der Waals surface area contributed by atoms with Gasteiger partial charge in [-0.2, -0.15) is 0 Å². The summed E-state index contributed by atoms with van der Waals surface area (Å²) in [7, 11) is 0. The zero-order chi connectivity index (χ0) is 14.7. The number of benzene rings is 1. The van der Waals surface area contributed by atoms with Crippen molar-refractivity contribution in [1.29, 1.82) is 0 Å². The third kappa shape index (κ3) is 1.96. The Labute approximate surface area is 137 Å². The van der Waals surface area contributed by atoms with Crippen molar-refractivity contribution in [3.63, 3.8) is 0 Å². The molecular formula is C19H24ClNO. The highest BCUT2D eigenvalue weighted by atomic mass is 35.5. The summed E-state index contributed by atoms with van der Waals surface area (Å²) in [6.45, 7) is 3.33. The number of rotatable bonds is 1. The molecule has 2 saturated carbocycles. The van der Waals surface area contributed by atoms with Gasteiger partial charge in [0.1, 0.15) is 5.75 Å². The summed E-state index contributed by atoms with van der Waals surface area (Å²) in [5.74, 6) is 3.11. The van der Waals surface area contributed by atoms with Crippen molar-refractivity contribution in [1.82, 2.24) is 4.90 Å². The first kappa shape index (κ1) is 13.7. The number of halogens is 1. The molecule has 118 valence electrons. The van der Waals surface area contributed by atoms with Gasteiger partial charge in [0.2, 0.25) is 0 Å². The van der Waals surface area contributed by atoms with E-state index in [1.165, 1.54) is 57.2 Å². The van der Waals surface area contributed by atoms with Crippen LogP contribution in [0, 0.1) is 11.8 Å². The van der Waals surface area contributed by atoms with Crippen LogP contribution in [0.25, 0.3) is 0 Å². The summed E-state index contributed by atoms with van der Waals surface area (Å²) in [5.41, 5.74) is 1.60. The van der Waals surface area contributed by atoms with Crippen LogP contribution >= 0.6 is 11.6 Å². The van der Waals surface area contributed by atoms with Crippen LogP contribution in [0.15, 0.2) is 18.2 Å². The van der Waals surface area contributed by atoms with Gasteiger partial charge in [-0.3, -0.25) is 0 Å². The molecule has 2 aliphatic heterocycles. The molecule has 0 aromatic heterocycles. The molecule has 1 aromatic carbocycles. The van der Waals surface area contributed by atoms with E-state index in [1.807, 2.05) is 6.07 Å². The molecule has 5 rings (SSSR count). The fraction of sp³-hybridized carbons (Fsp3) is 0.684. The lowest BCUT2D eigenvalue weighted by Gasteiger charge is -2.43. The van der Waals surface area contributed by atoms with Crippen LogP contribution in [0.3, 0.4) is 0 Å². The van der Waals surface area contributed by atoms with Crippen molar-refractivity contribution in [2.45, 2.75) is 50.0 Å². The Bertz CT molecular complexity index is 593. The molecule has 1 spiro atoms. The van der Waals surface area contributed by atoms with Crippen LogP contribution in [0.2, 0.25) is 5.02 Å². The highest BCUT2D eigenvalue weighted by Crippen LogP contribution is 2.50. The lowest BCUT2D eigenvalue weighted by Crippen LogP contribution is -2.49. The first-order valence-electron chi connectivity index (χ1n) is 8.90. The Morgan fingerprint density at radius 3 is 2.73 bits per heavy atom. The number of likely N-dealkylation sites (tertiary alicyclic amines) is 1. The second-order valence-electron chi connectivity index (χ2n) is 7.99. The number of piperidine rings is 1. The zero-order valence-electron chi connectivity index (χ0n) is 13.1. The predicted molar refractivity (Wildman–Crippen MR) is 88.7 cm³/mol. The number of ether oxygens (including phenoxy) is 1. The van der Waals surface area contributed by atoms with Crippen molar-refractivity contribution < 1.29 is 4.74 Å². The van der Waals surface area contributed by atoms with Gasteiger partial charge < -0.3 is 9.64 Å². The minimum Gasteiger partial charge on any atom is -0.492 e. The van der Waals surface area contributed by atoms with Crippen LogP contribution < -0.4 is 4.74 Å². The van der Waals surface area contributed by atoms with Gasteiger partial charge >= 0.3 is 0 Å². The van der Waals surface area contributed by atoms with Gasteiger partial charge in [0.25, 0.3) is 0 Å². The summed E-state index contributed by atoms with van der Waals surface area (Å²) in [4.78, 5) is 2.80. The van der Waals surface area contributed by atoms with E-state index in [9.17, 15) is 0 Å². The van der Waals surface area contributed by atoms with Crippen LogP contribution in [-0.4, -0.2) is 30.6 Å². The quantitative estimate of drug-likeness (QED) is 0.767. The molecule has 0 radical (unpaired) electrons. The average molecular weight is 318 g/mol. The summed E-state index contributed by atoms with van der Waals surface area (Å²) in [6, 6.07) is 7.03. The van der Waals surface area contributed by atoms with Crippen molar-refractivity contribution in [2.75, 3.05) is 19.7 Å². The first-order chi connectivity index (χ1) is 10.7. The number of hydrogen-bond acceptors (Lipinski definition) is 2. The normalized spacial score (nSPS) is 35.8. The summed E-state index contributed by atoms with van der Waals surface area (Å²) >= 11 is 6.23. The molecule has 2 heterocycles. The SMILES string of the molecule is Clc1ccc2c(c1)C1(CCN([C@@H]3C[C@H]4CC[C@@H]3C4)CC1)CO2. The lowest BCUT2D eigenvalue weighted by atomic mass is 9.74. The molecular weight excluding hydrogens is 294 g/mol. The van der Waals surface area contributed by atoms with E-state index in [1.54, 1.807) is 0 Å². The monoisotopic (exact) mass is 317 g/mol. The molecule has 1 aromatic rings. The molecule has 22 heavy (non-hydrogen) atoms. The second kappa shape index (κ2) is 4.88. The van der Waals surface area contributed by atoms with Gasteiger partial charge in [0, 0.05) is 22.0 Å². The summed E-state index contributed by atoms with van der Waals surface area (Å²) in [5, 5.41) is 0.846. The molecule has 2 nitrogen and oxygen atoms in total. The van der Waals surface area contributed by atoms with E-state index in [-0.39, 0.29) is 5.41 Å². The largest absolute Gasteiger partial charge is 0.492 e. The van der Waals surface area contributed by atoms with Crippen LogP contribution in [0.1, 0.15) is 44.1 Å². The Morgan fingerprint density at radius 1 is 1.14 bits per heavy atom. The van der Waals surface area contributed by atoms with Gasteiger partial charge in [-0.15, -0.1) is 0 Å². The smallest absolute Gasteiger partial charge is 0.123 e. The van der Waals surface area contributed by atoms with E-state index in [0.29, 0.717) is 0 Å². The molecule has 2 aliphatic carbocycles. The van der Waals surface area contributed by atoms with Crippen LogP contribution in [0.5, 0.6) is 5.75 Å². The first-order valence-corrected chi connectivity index (χ1v) is 9.28. The maximum atomic E-state index is 6.23. The molecule has 3 heteroatoms. The summed E-state index contributed by atoms with van der Waals surface area (Å²) in [6.07, 6.45) is 8.42. The minimum atomic E-state index is 0.231. The zero-order valence-corrected chi connectivity index (χ0v) is 13.8. The van der Waals surface area contributed by atoms with Gasteiger partial charge in [0.05, 0.1) is 6.61 Å². The molecule has 1 saturated heterocycles. The fourth-order valence-electron chi connectivity index (χ4n) is 5.69. The highest BCUT2D eigenvalue weighted by molar-refractivity contribution is 6.30. The molecule has 0 amide bonds. The Morgan fingerprint density at radius 2 is 2.00 bits per heavy atom. The summed E-state index contributed by atoms with van der Waals surface area (Å²) < 4.78 is 5.98. The molecule has 0 unspecified atom stereocenters. The Balaban J connectivity index is 1.34. The fourth-order valence-corrected chi connectivity index (χ4v) is 5.86. The maximum absolute atomic E-state index is 6.23. The van der Waals surface area contributed by atoms with Crippen LogP contribution in [-0.2, 0) is 5.41 Å². The van der Waals surface area contributed by atoms with Gasteiger partial charge in [-0.1, -0.05) is 18.0 Å². The highest BCUT2D eigenvalue weighted by Gasteiger charge is 2.47. The standard InChI is InChI=1S/C19H24ClNO/c20-15-3-4-18-16(11-15)19(12-22-18)5-7-21(8-6-19)17-10-13-1-2-14(17)9-13/h3-4,11,13-14,17H,1-2,5-10,12H2/t13-,14+,17+/m0/s1. The molecule has 3 atom stereocenters. The molecule has 3 fully saturated rings. The maximum Gasteiger partial charge on any atom is 0.123 e. The van der Waals surface area contributed by atoms with E-state index in [4.69, 9.17) is 16.3 Å². The van der Waals surface area contributed by atoms with E-state index < -0.39 is 0 Å². The number of fused-ring (bicyclic) bond motifs is 4.